The number of likely N-dealkylation sites (tertiary alicyclic amines) is 1. The molecule has 4 rings (SSSR count). The highest BCUT2D eigenvalue weighted by Gasteiger charge is 2.18. The maximum atomic E-state index is 13.0. The van der Waals surface area contributed by atoms with E-state index >= 15 is 0 Å². The Balaban J connectivity index is 1.52. The third-order valence-corrected chi connectivity index (χ3v) is 6.09. The van der Waals surface area contributed by atoms with Crippen molar-refractivity contribution in [2.45, 2.75) is 32.9 Å². The maximum absolute atomic E-state index is 13.0. The van der Waals surface area contributed by atoms with E-state index in [1.54, 1.807) is 11.6 Å². The summed E-state index contributed by atoms with van der Waals surface area (Å²) in [4.78, 5) is 27.8. The van der Waals surface area contributed by atoms with Gasteiger partial charge in [-0.25, -0.2) is 0 Å². The second-order valence-corrected chi connectivity index (χ2v) is 8.41. The van der Waals surface area contributed by atoms with Gasteiger partial charge >= 0.3 is 0 Å². The SMILES string of the molecule is CC1CCCN(Cc2ccccc2CNC(=O)c2cc(=O)n(C)c3ccccc23)C1. The molecule has 0 radical (unpaired) electrons. The smallest absolute Gasteiger partial charge is 0.252 e. The predicted molar refractivity (Wildman–Crippen MR) is 120 cm³/mol. The molecule has 1 atom stereocenters. The van der Waals surface area contributed by atoms with Crippen LogP contribution in [0.15, 0.2) is 59.4 Å². The highest BCUT2D eigenvalue weighted by molar-refractivity contribution is 6.06. The molecule has 1 amide bonds. The van der Waals surface area contributed by atoms with Gasteiger partial charge in [0.1, 0.15) is 0 Å². The first-order chi connectivity index (χ1) is 14.5. The van der Waals surface area contributed by atoms with Gasteiger partial charge in [-0.1, -0.05) is 49.4 Å². The number of nitrogens with one attached hydrogen (secondary N) is 1. The summed E-state index contributed by atoms with van der Waals surface area (Å²) in [6.45, 7) is 5.92. The molecule has 5 heteroatoms. The van der Waals surface area contributed by atoms with Gasteiger partial charge in [-0.2, -0.15) is 0 Å². The number of nitrogens with zero attached hydrogens (tertiary/aromatic N) is 2. The van der Waals surface area contributed by atoms with Crippen molar-refractivity contribution >= 4 is 16.8 Å². The molecular weight excluding hydrogens is 374 g/mol. The van der Waals surface area contributed by atoms with E-state index in [1.165, 1.54) is 24.5 Å². The summed E-state index contributed by atoms with van der Waals surface area (Å²) < 4.78 is 1.57. The van der Waals surface area contributed by atoms with Gasteiger partial charge in [0.15, 0.2) is 0 Å². The van der Waals surface area contributed by atoms with Crippen LogP contribution in [0.4, 0.5) is 0 Å². The van der Waals surface area contributed by atoms with E-state index in [-0.39, 0.29) is 11.5 Å². The quantitative estimate of drug-likeness (QED) is 0.707. The van der Waals surface area contributed by atoms with Crippen molar-refractivity contribution in [1.82, 2.24) is 14.8 Å². The molecule has 0 saturated carbocycles. The maximum Gasteiger partial charge on any atom is 0.252 e. The fraction of sp³-hybridized carbons (Fsp3) is 0.360. The van der Waals surface area contributed by atoms with Gasteiger partial charge in [0, 0.05) is 38.1 Å². The summed E-state index contributed by atoms with van der Waals surface area (Å²) in [5, 5.41) is 3.82. The van der Waals surface area contributed by atoms with Gasteiger partial charge < -0.3 is 9.88 Å². The van der Waals surface area contributed by atoms with E-state index in [9.17, 15) is 9.59 Å². The number of amides is 1. The normalized spacial score (nSPS) is 17.2. The fourth-order valence-corrected chi connectivity index (χ4v) is 4.42. The lowest BCUT2D eigenvalue weighted by Gasteiger charge is -2.31. The first-order valence-electron chi connectivity index (χ1n) is 10.7. The Morgan fingerprint density at radius 3 is 2.63 bits per heavy atom. The lowest BCUT2D eigenvalue weighted by molar-refractivity contribution is 0.0952. The van der Waals surface area contributed by atoms with Crippen LogP contribution in [0, 0.1) is 5.92 Å². The van der Waals surface area contributed by atoms with Gasteiger partial charge in [-0.15, -0.1) is 0 Å². The summed E-state index contributed by atoms with van der Waals surface area (Å²) in [5.74, 6) is 0.518. The molecule has 0 aliphatic carbocycles. The van der Waals surface area contributed by atoms with Crippen LogP contribution in [0.2, 0.25) is 0 Å². The van der Waals surface area contributed by atoms with Crippen LogP contribution in [-0.4, -0.2) is 28.5 Å². The van der Waals surface area contributed by atoms with Crippen LogP contribution in [-0.2, 0) is 20.1 Å². The Labute approximate surface area is 177 Å². The van der Waals surface area contributed by atoms with Crippen LogP contribution in [0.25, 0.3) is 10.9 Å². The molecule has 1 aliphatic heterocycles. The van der Waals surface area contributed by atoms with E-state index in [4.69, 9.17) is 0 Å². The Hall–Kier alpha value is -2.92. The minimum absolute atomic E-state index is 0.182. The summed E-state index contributed by atoms with van der Waals surface area (Å²) >= 11 is 0. The number of aryl methyl sites for hydroxylation is 1. The molecule has 156 valence electrons. The molecule has 1 aliphatic rings. The molecule has 2 heterocycles. The van der Waals surface area contributed by atoms with Crippen LogP contribution in [0.5, 0.6) is 0 Å². The highest BCUT2D eigenvalue weighted by Crippen LogP contribution is 2.20. The molecule has 0 bridgehead atoms. The van der Waals surface area contributed by atoms with Crippen molar-refractivity contribution in [1.29, 1.82) is 0 Å². The van der Waals surface area contributed by atoms with Gasteiger partial charge in [-0.3, -0.25) is 14.5 Å². The largest absolute Gasteiger partial charge is 0.348 e. The van der Waals surface area contributed by atoms with Gasteiger partial charge in [-0.05, 0) is 42.5 Å². The molecule has 2 aromatic carbocycles. The zero-order valence-corrected chi connectivity index (χ0v) is 17.7. The second kappa shape index (κ2) is 8.84. The van der Waals surface area contributed by atoms with Crippen molar-refractivity contribution in [3.63, 3.8) is 0 Å². The molecule has 1 saturated heterocycles. The molecule has 1 unspecified atom stereocenters. The Morgan fingerprint density at radius 2 is 1.83 bits per heavy atom. The highest BCUT2D eigenvalue weighted by atomic mass is 16.2. The average Bonchev–Trinajstić information content (AvgIpc) is 2.75. The van der Waals surface area contributed by atoms with E-state index in [0.717, 1.165) is 42.0 Å². The molecule has 5 nitrogen and oxygen atoms in total. The molecule has 3 aromatic rings. The Bertz CT molecular complexity index is 1120. The molecule has 1 fully saturated rings. The number of benzene rings is 2. The summed E-state index contributed by atoms with van der Waals surface area (Å²) in [6, 6.07) is 17.2. The van der Waals surface area contributed by atoms with E-state index in [0.29, 0.717) is 12.1 Å². The number of aromatic nitrogens is 1. The molecule has 30 heavy (non-hydrogen) atoms. The van der Waals surface area contributed by atoms with Crippen LogP contribution >= 0.6 is 0 Å². The van der Waals surface area contributed by atoms with E-state index < -0.39 is 0 Å². The number of carbonyl (C=O) groups excluding carboxylic acids is 1. The van der Waals surface area contributed by atoms with Crippen molar-refractivity contribution in [2.75, 3.05) is 13.1 Å². The zero-order valence-electron chi connectivity index (χ0n) is 17.7. The number of fused-ring (bicyclic) bond motifs is 1. The Kier molecular flexibility index (Phi) is 6.00. The van der Waals surface area contributed by atoms with Crippen LogP contribution in [0.3, 0.4) is 0 Å². The number of carbonyl (C=O) groups is 1. The molecular formula is C25H29N3O2. The van der Waals surface area contributed by atoms with Crippen molar-refractivity contribution in [3.8, 4) is 0 Å². The first kappa shape index (κ1) is 20.4. The van der Waals surface area contributed by atoms with Gasteiger partial charge in [0.05, 0.1) is 11.1 Å². The minimum Gasteiger partial charge on any atom is -0.348 e. The lowest BCUT2D eigenvalue weighted by Crippen LogP contribution is -2.34. The molecule has 1 N–H and O–H groups in total. The number of pyridine rings is 1. The number of hydrogen-bond donors (Lipinski definition) is 1. The average molecular weight is 404 g/mol. The lowest BCUT2D eigenvalue weighted by atomic mass is 9.99. The Morgan fingerprint density at radius 1 is 1.10 bits per heavy atom. The minimum atomic E-state index is -0.217. The fourth-order valence-electron chi connectivity index (χ4n) is 4.42. The van der Waals surface area contributed by atoms with Crippen molar-refractivity contribution < 1.29 is 4.79 Å². The van der Waals surface area contributed by atoms with Gasteiger partial charge in [0.25, 0.3) is 11.5 Å². The number of hydrogen-bond acceptors (Lipinski definition) is 3. The standard InChI is InChI=1S/C25H29N3O2/c1-18-8-7-13-28(16-18)17-20-10-4-3-9-19(20)15-26-25(30)22-14-24(29)27(2)23-12-6-5-11-21(22)23/h3-6,9-12,14,18H,7-8,13,15-17H2,1-2H3,(H,26,30). The van der Waals surface area contributed by atoms with E-state index in [1.807, 2.05) is 30.3 Å². The molecule has 0 spiro atoms. The number of para-hydroxylation sites is 1. The third-order valence-electron chi connectivity index (χ3n) is 6.09. The monoisotopic (exact) mass is 403 g/mol. The summed E-state index contributed by atoms with van der Waals surface area (Å²) in [5.41, 5.74) is 3.38. The van der Waals surface area contributed by atoms with Crippen LogP contribution in [0.1, 0.15) is 41.3 Å². The van der Waals surface area contributed by atoms with Crippen molar-refractivity contribution in [2.24, 2.45) is 13.0 Å². The molecule has 1 aromatic heterocycles. The first-order valence-corrected chi connectivity index (χ1v) is 10.7. The van der Waals surface area contributed by atoms with Crippen LogP contribution < -0.4 is 10.9 Å². The van der Waals surface area contributed by atoms with E-state index in [2.05, 4.69) is 35.3 Å². The summed E-state index contributed by atoms with van der Waals surface area (Å²) in [6.07, 6.45) is 2.55. The number of piperidine rings is 1. The number of rotatable bonds is 5. The second-order valence-electron chi connectivity index (χ2n) is 8.41. The topological polar surface area (TPSA) is 54.3 Å². The van der Waals surface area contributed by atoms with Crippen molar-refractivity contribution in [3.05, 3.63) is 81.6 Å². The third kappa shape index (κ3) is 4.31. The van der Waals surface area contributed by atoms with Gasteiger partial charge in [0.2, 0.25) is 0 Å². The summed E-state index contributed by atoms with van der Waals surface area (Å²) in [7, 11) is 1.73. The zero-order chi connectivity index (χ0) is 21.1. The predicted octanol–water partition coefficient (Wildman–Crippen LogP) is 3.70.